The molecule has 3 aromatic carbocycles. The topological polar surface area (TPSA) is 0 Å². The molecule has 126 valence electrons. The summed E-state index contributed by atoms with van der Waals surface area (Å²) >= 11 is 0. The first kappa shape index (κ1) is 21.3. The molecule has 0 aliphatic carbocycles. The molecule has 3 heteroatoms. The van der Waals surface area contributed by atoms with E-state index in [1.54, 1.807) is 0 Å². The maximum absolute atomic E-state index is 2.31. The van der Waals surface area contributed by atoms with Crippen LogP contribution in [0.1, 0.15) is 13.3 Å². The van der Waals surface area contributed by atoms with Crippen molar-refractivity contribution in [3.63, 3.8) is 0 Å². The van der Waals surface area contributed by atoms with E-state index in [2.05, 4.69) is 97.9 Å². The smallest absolute Gasteiger partial charge is 0.112 e. The minimum atomic E-state index is -1.55. The monoisotopic (exact) mass is 512 g/mol. The summed E-state index contributed by atoms with van der Waals surface area (Å²) in [6, 6.07) is 33.2. The number of halogens is 2. The van der Waals surface area contributed by atoms with Gasteiger partial charge in [-0.05, 0) is 42.8 Å². The quantitative estimate of drug-likeness (QED) is 0.362. The van der Waals surface area contributed by atoms with Gasteiger partial charge in [-0.1, -0.05) is 61.5 Å². The van der Waals surface area contributed by atoms with Gasteiger partial charge in [0.25, 0.3) is 0 Å². The van der Waals surface area contributed by atoms with E-state index in [9.17, 15) is 0 Å². The lowest BCUT2D eigenvalue weighted by Gasteiger charge is -2.27. The molecule has 3 aromatic rings. The Labute approximate surface area is 173 Å². The van der Waals surface area contributed by atoms with Gasteiger partial charge in [0.05, 0.1) is 6.16 Å². The highest BCUT2D eigenvalue weighted by Gasteiger charge is 2.43. The first-order valence-corrected chi connectivity index (χ1v) is 9.90. The largest absolute Gasteiger partial charge is 1.00 e. The van der Waals surface area contributed by atoms with Crippen LogP contribution in [-0.4, -0.2) is 6.16 Å². The van der Waals surface area contributed by atoms with Gasteiger partial charge >= 0.3 is 0 Å². The van der Waals surface area contributed by atoms with Crippen molar-refractivity contribution in [1.82, 2.24) is 0 Å². The van der Waals surface area contributed by atoms with Crippen LogP contribution in [0.15, 0.2) is 91.0 Å². The van der Waals surface area contributed by atoms with Gasteiger partial charge in [-0.25, -0.2) is 0 Å². The van der Waals surface area contributed by atoms with E-state index < -0.39 is 7.26 Å². The molecule has 0 aliphatic rings. The number of hydrogen-bond donors (Lipinski definition) is 0. The Morgan fingerprint density at radius 2 is 0.875 bits per heavy atom. The lowest BCUT2D eigenvalue weighted by Crippen LogP contribution is -3.00. The SMILES string of the molecule is CCC[P+](c1ccccc1)(c1ccccc1)c1ccccc1.I.[Br-]. The Kier molecular flexibility index (Phi) is 9.18. The summed E-state index contributed by atoms with van der Waals surface area (Å²) in [5.74, 6) is 0. The minimum absolute atomic E-state index is 0. The Morgan fingerprint density at radius 3 is 1.12 bits per heavy atom. The molecular weight excluding hydrogens is 490 g/mol. The first-order valence-electron chi connectivity index (χ1n) is 7.93. The van der Waals surface area contributed by atoms with Crippen LogP contribution >= 0.6 is 31.2 Å². The predicted octanol–water partition coefficient (Wildman–Crippen LogP) is 2.01. The summed E-state index contributed by atoms with van der Waals surface area (Å²) in [4.78, 5) is 0. The van der Waals surface area contributed by atoms with Gasteiger partial charge in [0.1, 0.15) is 23.2 Å². The summed E-state index contributed by atoms with van der Waals surface area (Å²) in [6.45, 7) is 2.30. The van der Waals surface area contributed by atoms with Gasteiger partial charge in [-0.3, -0.25) is 0 Å². The van der Waals surface area contributed by atoms with Crippen molar-refractivity contribution in [2.75, 3.05) is 6.16 Å². The zero-order valence-corrected chi connectivity index (χ0v) is 18.6. The Balaban J connectivity index is 0.00000144. The molecule has 0 heterocycles. The summed E-state index contributed by atoms with van der Waals surface area (Å²) in [5, 5.41) is 4.44. The second-order valence-electron chi connectivity index (χ2n) is 5.54. The molecule has 0 atom stereocenters. The molecule has 0 saturated heterocycles. The van der Waals surface area contributed by atoms with Crippen LogP contribution in [0.5, 0.6) is 0 Å². The van der Waals surface area contributed by atoms with Gasteiger partial charge in [-0.2, -0.15) is 0 Å². The van der Waals surface area contributed by atoms with Crippen molar-refractivity contribution in [3.8, 4) is 0 Å². The van der Waals surface area contributed by atoms with Crippen molar-refractivity contribution in [2.24, 2.45) is 0 Å². The van der Waals surface area contributed by atoms with Gasteiger partial charge in [0, 0.05) is 0 Å². The molecule has 0 aliphatic heterocycles. The third kappa shape index (κ3) is 4.28. The van der Waals surface area contributed by atoms with E-state index in [0.717, 1.165) is 0 Å². The molecule has 0 spiro atoms. The summed E-state index contributed by atoms with van der Waals surface area (Å²) in [5.41, 5.74) is 0. The lowest BCUT2D eigenvalue weighted by atomic mass is 10.4. The van der Waals surface area contributed by atoms with Crippen molar-refractivity contribution < 1.29 is 17.0 Å². The lowest BCUT2D eigenvalue weighted by molar-refractivity contribution is -0.00000440. The molecule has 0 N–H and O–H groups in total. The fraction of sp³-hybridized carbons (Fsp3) is 0.143. The van der Waals surface area contributed by atoms with E-state index in [0.29, 0.717) is 0 Å². The predicted molar refractivity (Wildman–Crippen MR) is 116 cm³/mol. The third-order valence-corrected chi connectivity index (χ3v) is 8.81. The summed E-state index contributed by atoms with van der Waals surface area (Å²) < 4.78 is 0. The van der Waals surface area contributed by atoms with E-state index in [1.807, 2.05) is 0 Å². The van der Waals surface area contributed by atoms with Crippen LogP contribution < -0.4 is 32.9 Å². The fourth-order valence-electron chi connectivity index (χ4n) is 3.22. The number of rotatable bonds is 5. The van der Waals surface area contributed by atoms with Crippen molar-refractivity contribution in [2.45, 2.75) is 13.3 Å². The molecule has 3 rings (SSSR count). The van der Waals surface area contributed by atoms with E-state index >= 15 is 0 Å². The average Bonchev–Trinajstić information content (AvgIpc) is 2.62. The van der Waals surface area contributed by atoms with E-state index in [1.165, 1.54) is 28.5 Å². The maximum atomic E-state index is 2.31. The van der Waals surface area contributed by atoms with Gasteiger partial charge in [-0.15, -0.1) is 24.0 Å². The Morgan fingerprint density at radius 1 is 0.583 bits per heavy atom. The van der Waals surface area contributed by atoms with Crippen LogP contribution in [0, 0.1) is 0 Å². The first-order chi connectivity index (χ1) is 10.9. The number of hydrogen-bond acceptors (Lipinski definition) is 0. The molecule has 0 unspecified atom stereocenters. The molecule has 0 aromatic heterocycles. The molecule has 0 amide bonds. The molecule has 0 nitrogen and oxygen atoms in total. The molecule has 0 fully saturated rings. The highest BCUT2D eigenvalue weighted by Crippen LogP contribution is 2.55. The van der Waals surface area contributed by atoms with E-state index in [4.69, 9.17) is 0 Å². The fourth-order valence-corrected chi connectivity index (χ4v) is 7.60. The second-order valence-corrected chi connectivity index (χ2v) is 9.16. The number of benzene rings is 3. The highest BCUT2D eigenvalue weighted by atomic mass is 127. The average molecular weight is 513 g/mol. The summed E-state index contributed by atoms with van der Waals surface area (Å²) in [7, 11) is -1.55. The third-order valence-electron chi connectivity index (χ3n) is 4.15. The van der Waals surface area contributed by atoms with Crippen LogP contribution in [0.4, 0.5) is 0 Å². The minimum Gasteiger partial charge on any atom is -1.00 e. The standard InChI is InChI=1S/C21H22P.BrH.HI/c1-2-18-22(19-12-6-3-7-13-19,20-14-8-4-9-15-20)21-16-10-5-11-17-21;;/h3-17H,2,18H2,1H3;2*1H/q+1;;/p-1. The molecule has 0 saturated carbocycles. The van der Waals surface area contributed by atoms with Crippen LogP contribution in [0.3, 0.4) is 0 Å². The van der Waals surface area contributed by atoms with Crippen LogP contribution in [0.25, 0.3) is 0 Å². The molecule has 0 radical (unpaired) electrons. The van der Waals surface area contributed by atoms with Crippen molar-refractivity contribution in [3.05, 3.63) is 91.0 Å². The molecule has 24 heavy (non-hydrogen) atoms. The zero-order chi connectivity index (χ0) is 15.3. The van der Waals surface area contributed by atoms with Crippen molar-refractivity contribution in [1.29, 1.82) is 0 Å². The van der Waals surface area contributed by atoms with Crippen LogP contribution in [0.2, 0.25) is 0 Å². The molecular formula is C21H23BrIP. The summed E-state index contributed by atoms with van der Waals surface area (Å²) in [6.07, 6.45) is 2.40. The van der Waals surface area contributed by atoms with Crippen molar-refractivity contribution >= 4 is 47.2 Å². The van der Waals surface area contributed by atoms with Gasteiger partial charge in [0.15, 0.2) is 0 Å². The molecule has 0 bridgehead atoms. The zero-order valence-electron chi connectivity index (χ0n) is 13.8. The van der Waals surface area contributed by atoms with Gasteiger partial charge in [0.2, 0.25) is 0 Å². The second kappa shape index (κ2) is 10.3. The maximum Gasteiger partial charge on any atom is 0.112 e. The van der Waals surface area contributed by atoms with E-state index in [-0.39, 0.29) is 41.0 Å². The Hall–Kier alpha value is -0.700. The van der Waals surface area contributed by atoms with Gasteiger partial charge < -0.3 is 17.0 Å². The van der Waals surface area contributed by atoms with Crippen LogP contribution in [-0.2, 0) is 0 Å². The highest BCUT2D eigenvalue weighted by molar-refractivity contribution is 14.0. The normalized spacial score (nSPS) is 10.4. The Bertz CT molecular complexity index is 605.